The second kappa shape index (κ2) is 4.73. The predicted molar refractivity (Wildman–Crippen MR) is 69.5 cm³/mol. The Labute approximate surface area is 111 Å². The van der Waals surface area contributed by atoms with Gasteiger partial charge in [-0.2, -0.15) is 9.67 Å². The second-order valence-electron chi connectivity index (χ2n) is 3.54. The van der Waals surface area contributed by atoms with Gasteiger partial charge in [-0.3, -0.25) is 10.1 Å². The van der Waals surface area contributed by atoms with Crippen molar-refractivity contribution in [2.24, 2.45) is 0 Å². The third-order valence-electron chi connectivity index (χ3n) is 2.35. The highest BCUT2D eigenvalue weighted by molar-refractivity contribution is 9.10. The van der Waals surface area contributed by atoms with Crippen LogP contribution < -0.4 is 5.73 Å². The number of aryl methyl sites for hydroxylation is 1. The molecule has 0 saturated carbocycles. The SMILES string of the molecule is CCc1nc(N)n(-c2ccc(Br)cc2[N+](=O)[O-])n1. The van der Waals surface area contributed by atoms with E-state index in [0.29, 0.717) is 22.4 Å². The number of rotatable bonds is 3. The molecule has 0 aliphatic carbocycles. The standard InChI is InChI=1S/C10H10BrN5O2/c1-2-9-13-10(12)15(14-9)7-4-3-6(11)5-8(7)16(17)18/h3-5H,2H2,1H3,(H2,12,13,14). The molecule has 2 aromatic rings. The summed E-state index contributed by atoms with van der Waals surface area (Å²) in [6, 6.07) is 4.67. The van der Waals surface area contributed by atoms with Gasteiger partial charge >= 0.3 is 0 Å². The van der Waals surface area contributed by atoms with Gasteiger partial charge < -0.3 is 5.73 Å². The maximum Gasteiger partial charge on any atom is 0.296 e. The topological polar surface area (TPSA) is 99.9 Å². The van der Waals surface area contributed by atoms with Gasteiger partial charge in [0.05, 0.1) is 4.92 Å². The average molecular weight is 312 g/mol. The molecule has 7 nitrogen and oxygen atoms in total. The van der Waals surface area contributed by atoms with Gasteiger partial charge in [-0.05, 0) is 12.1 Å². The minimum absolute atomic E-state index is 0.0800. The van der Waals surface area contributed by atoms with Crippen LogP contribution in [0.15, 0.2) is 22.7 Å². The normalized spacial score (nSPS) is 10.6. The van der Waals surface area contributed by atoms with Crippen LogP contribution in [0.3, 0.4) is 0 Å². The summed E-state index contributed by atoms with van der Waals surface area (Å²) in [6.07, 6.45) is 0.613. The lowest BCUT2D eigenvalue weighted by molar-refractivity contribution is -0.384. The van der Waals surface area contributed by atoms with E-state index in [4.69, 9.17) is 5.73 Å². The Morgan fingerprint density at radius 1 is 1.56 bits per heavy atom. The average Bonchev–Trinajstić information content (AvgIpc) is 2.70. The van der Waals surface area contributed by atoms with Crippen molar-refractivity contribution in [2.45, 2.75) is 13.3 Å². The van der Waals surface area contributed by atoms with Gasteiger partial charge in [-0.25, -0.2) is 0 Å². The highest BCUT2D eigenvalue weighted by Crippen LogP contribution is 2.27. The van der Waals surface area contributed by atoms with Crippen LogP contribution in [0.5, 0.6) is 0 Å². The minimum Gasteiger partial charge on any atom is -0.368 e. The molecule has 0 radical (unpaired) electrons. The van der Waals surface area contributed by atoms with Gasteiger partial charge in [-0.1, -0.05) is 22.9 Å². The van der Waals surface area contributed by atoms with Crippen LogP contribution in [0.25, 0.3) is 5.69 Å². The quantitative estimate of drug-likeness (QED) is 0.691. The number of hydrogen-bond donors (Lipinski definition) is 1. The lowest BCUT2D eigenvalue weighted by Gasteiger charge is -2.04. The second-order valence-corrected chi connectivity index (χ2v) is 4.46. The number of aromatic nitrogens is 3. The van der Waals surface area contributed by atoms with E-state index in [1.165, 1.54) is 10.7 Å². The Morgan fingerprint density at radius 3 is 2.83 bits per heavy atom. The number of nitrogens with two attached hydrogens (primary N) is 1. The summed E-state index contributed by atoms with van der Waals surface area (Å²) in [5, 5.41) is 15.1. The van der Waals surface area contributed by atoms with E-state index in [1.807, 2.05) is 6.92 Å². The smallest absolute Gasteiger partial charge is 0.296 e. The fourth-order valence-electron chi connectivity index (χ4n) is 1.52. The first-order chi connectivity index (χ1) is 8.52. The molecule has 94 valence electrons. The van der Waals surface area contributed by atoms with Crippen molar-refractivity contribution in [3.05, 3.63) is 38.6 Å². The summed E-state index contributed by atoms with van der Waals surface area (Å²) in [5.41, 5.74) is 5.93. The van der Waals surface area contributed by atoms with Crippen molar-refractivity contribution in [3.63, 3.8) is 0 Å². The maximum atomic E-state index is 11.0. The molecule has 18 heavy (non-hydrogen) atoms. The first-order valence-electron chi connectivity index (χ1n) is 5.18. The summed E-state index contributed by atoms with van der Waals surface area (Å²) in [6.45, 7) is 1.88. The third-order valence-corrected chi connectivity index (χ3v) is 2.85. The molecule has 1 aromatic heterocycles. The fourth-order valence-corrected chi connectivity index (χ4v) is 1.87. The summed E-state index contributed by atoms with van der Waals surface area (Å²) in [4.78, 5) is 14.6. The fraction of sp³-hybridized carbons (Fsp3) is 0.200. The molecule has 0 saturated heterocycles. The van der Waals surface area contributed by atoms with E-state index in [9.17, 15) is 10.1 Å². The van der Waals surface area contributed by atoms with E-state index in [2.05, 4.69) is 26.0 Å². The van der Waals surface area contributed by atoms with Crippen molar-refractivity contribution >= 4 is 27.6 Å². The molecule has 8 heteroatoms. The van der Waals surface area contributed by atoms with Crippen LogP contribution in [-0.4, -0.2) is 19.7 Å². The molecule has 2 rings (SSSR count). The maximum absolute atomic E-state index is 11.0. The van der Waals surface area contributed by atoms with Crippen molar-refractivity contribution < 1.29 is 4.92 Å². The zero-order valence-electron chi connectivity index (χ0n) is 9.50. The highest BCUT2D eigenvalue weighted by atomic mass is 79.9. The van der Waals surface area contributed by atoms with Gasteiger partial charge in [0, 0.05) is 17.0 Å². The Balaban J connectivity index is 2.62. The highest BCUT2D eigenvalue weighted by Gasteiger charge is 2.19. The van der Waals surface area contributed by atoms with Crippen LogP contribution in [0.2, 0.25) is 0 Å². The van der Waals surface area contributed by atoms with Crippen LogP contribution in [0.1, 0.15) is 12.7 Å². The Hall–Kier alpha value is -1.96. The van der Waals surface area contributed by atoms with E-state index < -0.39 is 4.92 Å². The monoisotopic (exact) mass is 311 g/mol. The van der Waals surface area contributed by atoms with Crippen molar-refractivity contribution in [3.8, 4) is 5.69 Å². The van der Waals surface area contributed by atoms with Crippen LogP contribution >= 0.6 is 15.9 Å². The molecule has 1 heterocycles. The molecular weight excluding hydrogens is 302 g/mol. The molecule has 0 spiro atoms. The predicted octanol–water partition coefficient (Wildman–Crippen LogP) is 2.08. The zero-order chi connectivity index (χ0) is 13.3. The van der Waals surface area contributed by atoms with Crippen LogP contribution in [-0.2, 0) is 6.42 Å². The molecule has 0 aliphatic heterocycles. The van der Waals surface area contributed by atoms with Crippen molar-refractivity contribution in [1.29, 1.82) is 0 Å². The Bertz CT molecular complexity index is 610. The number of benzene rings is 1. The van der Waals surface area contributed by atoms with Gasteiger partial charge in [0.1, 0.15) is 5.69 Å². The van der Waals surface area contributed by atoms with E-state index in [1.54, 1.807) is 12.1 Å². The largest absolute Gasteiger partial charge is 0.368 e. The molecule has 0 atom stereocenters. The van der Waals surface area contributed by atoms with Crippen LogP contribution in [0, 0.1) is 10.1 Å². The summed E-state index contributed by atoms with van der Waals surface area (Å²) in [5.74, 6) is 0.682. The number of halogens is 1. The van der Waals surface area contributed by atoms with E-state index in [0.717, 1.165) is 0 Å². The number of nitro benzene ring substituents is 1. The van der Waals surface area contributed by atoms with E-state index in [-0.39, 0.29) is 11.6 Å². The summed E-state index contributed by atoms with van der Waals surface area (Å²) < 4.78 is 1.90. The minimum atomic E-state index is -0.479. The summed E-state index contributed by atoms with van der Waals surface area (Å²) in [7, 11) is 0. The zero-order valence-corrected chi connectivity index (χ0v) is 11.1. The first kappa shape index (κ1) is 12.5. The lowest BCUT2D eigenvalue weighted by atomic mass is 10.3. The van der Waals surface area contributed by atoms with Crippen molar-refractivity contribution in [1.82, 2.24) is 14.8 Å². The van der Waals surface area contributed by atoms with Crippen LogP contribution in [0.4, 0.5) is 11.6 Å². The summed E-state index contributed by atoms with van der Waals surface area (Å²) >= 11 is 3.19. The molecule has 2 N–H and O–H groups in total. The molecule has 1 aromatic carbocycles. The van der Waals surface area contributed by atoms with E-state index >= 15 is 0 Å². The number of nitrogen functional groups attached to an aromatic ring is 1. The van der Waals surface area contributed by atoms with Gasteiger partial charge in [-0.15, -0.1) is 5.10 Å². The van der Waals surface area contributed by atoms with Gasteiger partial charge in [0.2, 0.25) is 5.95 Å². The molecule has 0 fully saturated rings. The molecule has 0 bridgehead atoms. The lowest BCUT2D eigenvalue weighted by Crippen LogP contribution is -2.05. The number of hydrogen-bond acceptors (Lipinski definition) is 5. The number of nitrogens with zero attached hydrogens (tertiary/aromatic N) is 4. The molecular formula is C10H10BrN5O2. The Morgan fingerprint density at radius 2 is 2.28 bits per heavy atom. The molecule has 0 unspecified atom stereocenters. The first-order valence-corrected chi connectivity index (χ1v) is 5.98. The Kier molecular flexibility index (Phi) is 3.28. The number of anilines is 1. The molecule has 0 aliphatic rings. The third kappa shape index (κ3) is 2.19. The molecule has 0 amide bonds. The van der Waals surface area contributed by atoms with Gasteiger partial charge in [0.25, 0.3) is 5.69 Å². The van der Waals surface area contributed by atoms with Crippen molar-refractivity contribution in [2.75, 3.05) is 5.73 Å². The van der Waals surface area contributed by atoms with Gasteiger partial charge in [0.15, 0.2) is 5.82 Å². The number of nitro groups is 1.